The number of aliphatic hydroxyl groups is 1. The molecule has 0 aliphatic heterocycles. The standard InChI is InChI=1S/C28H26ClF3O4S.C21H23ClO4S/c1-2-34-27(33)17-36-24-12-14-25(22-6-4-3-5-21(22)24)37-26-13-7-18(15-23(26)29)16-35-20-10-8-19(9-11-20)28(30,31)32;1-2-25-21(24)13-26-18-8-10-19(16-6-4-3-5-15(16)18)27-20-9-7-14(12-23)11-17(20)22/h7-15H,2-6,16-17H2,1H3;7-11,23H,2-6,12-13H2,1H3. The summed E-state index contributed by atoms with van der Waals surface area (Å²) in [5.41, 5.74) is 5.67. The van der Waals surface area contributed by atoms with E-state index in [0.717, 1.165) is 106 Å². The van der Waals surface area contributed by atoms with Crippen LogP contribution in [-0.2, 0) is 64.1 Å². The zero-order valence-electron chi connectivity index (χ0n) is 35.5. The lowest BCUT2D eigenvalue weighted by Gasteiger charge is -2.22. The number of aliphatic hydroxyl groups excluding tert-OH is 1. The third-order valence-corrected chi connectivity index (χ3v) is 13.6. The number of alkyl halides is 3. The number of hydrogen-bond donors (Lipinski definition) is 1. The molecule has 2 aliphatic carbocycles. The fraction of sp³-hybridized carbons (Fsp3) is 0.347. The highest BCUT2D eigenvalue weighted by molar-refractivity contribution is 7.99. The van der Waals surface area contributed by atoms with Gasteiger partial charge in [0.05, 0.1) is 35.4 Å². The van der Waals surface area contributed by atoms with Gasteiger partial charge in [0.2, 0.25) is 0 Å². The van der Waals surface area contributed by atoms with Crippen molar-refractivity contribution in [2.24, 2.45) is 0 Å². The highest BCUT2D eigenvalue weighted by Crippen LogP contribution is 2.43. The summed E-state index contributed by atoms with van der Waals surface area (Å²) in [4.78, 5) is 27.4. The lowest BCUT2D eigenvalue weighted by atomic mass is 9.91. The number of esters is 2. The van der Waals surface area contributed by atoms with Crippen molar-refractivity contribution in [3.63, 3.8) is 0 Å². The molecule has 0 radical (unpaired) electrons. The Morgan fingerprint density at radius 1 is 0.594 bits per heavy atom. The first-order chi connectivity index (χ1) is 30.9. The highest BCUT2D eigenvalue weighted by Gasteiger charge is 2.30. The number of carbonyl (C=O) groups excluding carboxylic acids is 2. The van der Waals surface area contributed by atoms with E-state index in [9.17, 15) is 27.9 Å². The maximum atomic E-state index is 12.7. The maximum absolute atomic E-state index is 12.7. The number of halogens is 5. The summed E-state index contributed by atoms with van der Waals surface area (Å²) in [6.45, 7) is 4.18. The van der Waals surface area contributed by atoms with Crippen LogP contribution in [0.1, 0.15) is 78.5 Å². The summed E-state index contributed by atoms with van der Waals surface area (Å²) >= 11 is 16.2. The quantitative estimate of drug-likeness (QED) is 0.0962. The molecule has 7 rings (SSSR count). The van der Waals surface area contributed by atoms with E-state index in [0.29, 0.717) is 34.8 Å². The molecule has 0 amide bonds. The summed E-state index contributed by atoms with van der Waals surface area (Å²) in [6.07, 6.45) is 3.75. The molecule has 340 valence electrons. The number of carbonyl (C=O) groups is 2. The lowest BCUT2D eigenvalue weighted by Crippen LogP contribution is -2.16. The second-order valence-corrected chi connectivity index (χ2v) is 17.8. The first-order valence-electron chi connectivity index (χ1n) is 21.1. The van der Waals surface area contributed by atoms with Crippen molar-refractivity contribution in [2.45, 2.75) is 104 Å². The molecular weight excluding hydrogens is 909 g/mol. The molecule has 0 fully saturated rings. The Kier molecular flexibility index (Phi) is 18.0. The molecule has 1 N–H and O–H groups in total. The van der Waals surface area contributed by atoms with Crippen LogP contribution in [-0.4, -0.2) is 43.5 Å². The second-order valence-electron chi connectivity index (χ2n) is 14.8. The minimum Gasteiger partial charge on any atom is -0.489 e. The van der Waals surface area contributed by atoms with E-state index in [2.05, 4.69) is 0 Å². The van der Waals surface area contributed by atoms with Gasteiger partial charge in [0.15, 0.2) is 13.2 Å². The number of fused-ring (bicyclic) bond motifs is 2. The van der Waals surface area contributed by atoms with Gasteiger partial charge in [0.1, 0.15) is 23.9 Å². The second kappa shape index (κ2) is 23.6. The van der Waals surface area contributed by atoms with Crippen LogP contribution in [0.2, 0.25) is 10.0 Å². The van der Waals surface area contributed by atoms with Gasteiger partial charge in [0, 0.05) is 19.6 Å². The summed E-state index contributed by atoms with van der Waals surface area (Å²) in [5.74, 6) is 1.09. The first-order valence-corrected chi connectivity index (χ1v) is 23.5. The molecule has 0 unspecified atom stereocenters. The predicted octanol–water partition coefficient (Wildman–Crippen LogP) is 12.7. The maximum Gasteiger partial charge on any atom is 0.416 e. The molecule has 64 heavy (non-hydrogen) atoms. The smallest absolute Gasteiger partial charge is 0.416 e. The van der Waals surface area contributed by atoms with Gasteiger partial charge >= 0.3 is 18.1 Å². The van der Waals surface area contributed by atoms with Gasteiger partial charge < -0.3 is 28.8 Å². The Balaban J connectivity index is 0.000000223. The number of hydrogen-bond acceptors (Lipinski definition) is 10. The summed E-state index contributed by atoms with van der Waals surface area (Å²) in [7, 11) is 0. The van der Waals surface area contributed by atoms with Gasteiger partial charge in [0.25, 0.3) is 0 Å². The van der Waals surface area contributed by atoms with Gasteiger partial charge in [-0.15, -0.1) is 0 Å². The normalized spacial score (nSPS) is 13.1. The molecule has 0 heterocycles. The SMILES string of the molecule is CCOC(=O)COc1ccc(Sc2ccc(CO)cc2Cl)c2c1CCCC2.CCOC(=O)COc1ccc(Sc2ccc(COc3ccc(C(F)(F)F)cc3)cc2Cl)c2c1CCCC2. The van der Waals surface area contributed by atoms with Crippen molar-refractivity contribution in [2.75, 3.05) is 26.4 Å². The average molecular weight is 958 g/mol. The van der Waals surface area contributed by atoms with Crippen molar-refractivity contribution in [3.05, 3.63) is 134 Å². The molecule has 0 saturated heterocycles. The van der Waals surface area contributed by atoms with Gasteiger partial charge in [-0.05, 0) is 171 Å². The minimum atomic E-state index is -4.38. The Hall–Kier alpha value is -4.53. The van der Waals surface area contributed by atoms with E-state index in [4.69, 9.17) is 46.9 Å². The van der Waals surface area contributed by atoms with Gasteiger partial charge in [-0.3, -0.25) is 0 Å². The van der Waals surface area contributed by atoms with Gasteiger partial charge in [-0.1, -0.05) is 58.9 Å². The van der Waals surface area contributed by atoms with Crippen LogP contribution in [0.4, 0.5) is 13.2 Å². The van der Waals surface area contributed by atoms with Crippen molar-refractivity contribution >= 4 is 58.7 Å². The van der Waals surface area contributed by atoms with E-state index in [-0.39, 0.29) is 38.4 Å². The van der Waals surface area contributed by atoms with E-state index >= 15 is 0 Å². The van der Waals surface area contributed by atoms with Crippen LogP contribution in [0.15, 0.2) is 105 Å². The summed E-state index contributed by atoms with van der Waals surface area (Å²) in [6, 6.07) is 23.7. The summed E-state index contributed by atoms with van der Waals surface area (Å²) < 4.78 is 65.2. The first kappa shape index (κ1) is 48.9. The van der Waals surface area contributed by atoms with Crippen LogP contribution in [0.5, 0.6) is 17.2 Å². The Bertz CT molecular complexity index is 2390. The molecule has 2 aliphatic rings. The number of ether oxygens (including phenoxy) is 5. The van der Waals surface area contributed by atoms with E-state index < -0.39 is 11.7 Å². The molecule has 0 saturated carbocycles. The molecule has 15 heteroatoms. The van der Waals surface area contributed by atoms with Gasteiger partial charge in [-0.2, -0.15) is 13.2 Å². The van der Waals surface area contributed by atoms with Crippen LogP contribution >= 0.6 is 46.7 Å². The van der Waals surface area contributed by atoms with Crippen molar-refractivity contribution in [1.82, 2.24) is 0 Å². The third-order valence-electron chi connectivity index (χ3n) is 10.4. The van der Waals surface area contributed by atoms with E-state index in [1.165, 1.54) is 28.8 Å². The van der Waals surface area contributed by atoms with E-state index in [1.807, 2.05) is 48.5 Å². The highest BCUT2D eigenvalue weighted by atomic mass is 35.5. The Morgan fingerprint density at radius 3 is 1.47 bits per heavy atom. The van der Waals surface area contributed by atoms with Gasteiger partial charge in [-0.25, -0.2) is 9.59 Å². The molecule has 5 aromatic carbocycles. The van der Waals surface area contributed by atoms with Crippen LogP contribution in [0, 0.1) is 0 Å². The number of rotatable bonds is 16. The minimum absolute atomic E-state index is 0.0213. The van der Waals surface area contributed by atoms with Crippen molar-refractivity contribution in [1.29, 1.82) is 0 Å². The lowest BCUT2D eigenvalue weighted by molar-refractivity contribution is -0.146. The zero-order chi connectivity index (χ0) is 45.6. The fourth-order valence-electron chi connectivity index (χ4n) is 7.33. The topological polar surface area (TPSA) is 101 Å². The molecule has 0 spiro atoms. The average Bonchev–Trinajstić information content (AvgIpc) is 3.29. The zero-order valence-corrected chi connectivity index (χ0v) is 38.6. The Morgan fingerprint density at radius 2 is 1.03 bits per heavy atom. The molecule has 0 aromatic heterocycles. The van der Waals surface area contributed by atoms with Crippen LogP contribution in [0.3, 0.4) is 0 Å². The summed E-state index contributed by atoms with van der Waals surface area (Å²) in [5, 5.41) is 10.4. The predicted molar refractivity (Wildman–Crippen MR) is 243 cm³/mol. The molecule has 0 bridgehead atoms. The molecule has 0 atom stereocenters. The van der Waals surface area contributed by atoms with Crippen LogP contribution in [0.25, 0.3) is 0 Å². The third kappa shape index (κ3) is 13.5. The largest absolute Gasteiger partial charge is 0.489 e. The molecule has 5 aromatic rings. The monoisotopic (exact) mass is 956 g/mol. The van der Waals surface area contributed by atoms with Crippen LogP contribution < -0.4 is 14.2 Å². The van der Waals surface area contributed by atoms with E-state index in [1.54, 1.807) is 49.5 Å². The Labute approximate surface area is 390 Å². The molecular formula is C49H49Cl2F3O8S2. The van der Waals surface area contributed by atoms with Crippen molar-refractivity contribution < 1.29 is 51.6 Å². The number of benzene rings is 5. The molecule has 8 nitrogen and oxygen atoms in total. The van der Waals surface area contributed by atoms with Crippen molar-refractivity contribution in [3.8, 4) is 17.2 Å². The fourth-order valence-corrected chi connectivity index (χ4v) is 10.00.